The minimum absolute atomic E-state index is 0.198. The van der Waals surface area contributed by atoms with E-state index in [1.807, 2.05) is 0 Å². The van der Waals surface area contributed by atoms with E-state index >= 15 is 0 Å². The van der Waals surface area contributed by atoms with Gasteiger partial charge in [0.1, 0.15) is 5.82 Å². The minimum Gasteiger partial charge on any atom is -0.370 e. The molecule has 160 valence electrons. The maximum absolute atomic E-state index is 13.2. The number of likely N-dealkylation sites (N-methyl/N-ethyl adjacent to an activating group) is 1. The Bertz CT molecular complexity index is 907. The standard InChI is InChI=1S/C21H22F4N4O/c1-29(17-9-6-15(12-26)19(11-17)21(23,24)25)18(13-27)3-2-10-28-20(30)14-4-7-16(22)8-5-14/h4-9,11,18H,2-3,10,13,27H2,1H3,(H,28,30). The monoisotopic (exact) mass is 422 g/mol. The molecule has 0 aliphatic heterocycles. The van der Waals surface area contributed by atoms with Gasteiger partial charge in [-0.25, -0.2) is 4.39 Å². The number of alkyl halides is 3. The van der Waals surface area contributed by atoms with Crippen molar-refractivity contribution in [2.24, 2.45) is 5.73 Å². The van der Waals surface area contributed by atoms with Crippen LogP contribution >= 0.6 is 0 Å². The SMILES string of the molecule is CN(c1ccc(C#N)c(C(F)(F)F)c1)C(CN)CCCNC(=O)c1ccc(F)cc1. The molecular formula is C21H22F4N4O. The van der Waals surface area contributed by atoms with E-state index in [0.29, 0.717) is 30.6 Å². The lowest BCUT2D eigenvalue weighted by Gasteiger charge is -2.30. The van der Waals surface area contributed by atoms with Gasteiger partial charge in [-0.1, -0.05) is 0 Å². The summed E-state index contributed by atoms with van der Waals surface area (Å²) >= 11 is 0. The van der Waals surface area contributed by atoms with Crippen LogP contribution in [-0.2, 0) is 6.18 Å². The molecule has 0 aromatic heterocycles. The fourth-order valence-electron chi connectivity index (χ4n) is 3.01. The lowest BCUT2D eigenvalue weighted by atomic mass is 10.0. The third-order valence-electron chi connectivity index (χ3n) is 4.76. The van der Waals surface area contributed by atoms with Crippen molar-refractivity contribution in [3.05, 3.63) is 65.0 Å². The van der Waals surface area contributed by atoms with E-state index in [1.165, 1.54) is 30.3 Å². The van der Waals surface area contributed by atoms with Crippen LogP contribution in [0.2, 0.25) is 0 Å². The van der Waals surface area contributed by atoms with Crippen molar-refractivity contribution in [2.45, 2.75) is 25.1 Å². The van der Waals surface area contributed by atoms with E-state index in [1.54, 1.807) is 18.0 Å². The molecule has 1 atom stereocenters. The van der Waals surface area contributed by atoms with Gasteiger partial charge in [-0.15, -0.1) is 0 Å². The van der Waals surface area contributed by atoms with Gasteiger partial charge in [0, 0.05) is 37.4 Å². The second kappa shape index (κ2) is 10.1. The number of nitrogens with one attached hydrogen (secondary N) is 1. The van der Waals surface area contributed by atoms with E-state index in [0.717, 1.165) is 12.1 Å². The van der Waals surface area contributed by atoms with Gasteiger partial charge in [0.05, 0.1) is 17.2 Å². The van der Waals surface area contributed by atoms with Crippen LogP contribution in [0.3, 0.4) is 0 Å². The van der Waals surface area contributed by atoms with E-state index < -0.39 is 23.1 Å². The number of halogens is 4. The Morgan fingerprint density at radius 1 is 1.23 bits per heavy atom. The van der Waals surface area contributed by atoms with Gasteiger partial charge in [-0.3, -0.25) is 4.79 Å². The van der Waals surface area contributed by atoms with E-state index in [9.17, 15) is 22.4 Å². The summed E-state index contributed by atoms with van der Waals surface area (Å²) in [4.78, 5) is 13.7. The molecule has 2 aromatic carbocycles. The van der Waals surface area contributed by atoms with E-state index in [2.05, 4.69) is 5.32 Å². The second-order valence-corrected chi connectivity index (χ2v) is 6.74. The Labute approximate surface area is 172 Å². The summed E-state index contributed by atoms with van der Waals surface area (Å²) in [5, 5.41) is 11.6. The van der Waals surface area contributed by atoms with Crippen LogP contribution in [0.1, 0.15) is 34.3 Å². The Hall–Kier alpha value is -3.12. The smallest absolute Gasteiger partial charge is 0.370 e. The molecule has 0 aliphatic carbocycles. The number of nitrogens with zero attached hydrogens (tertiary/aromatic N) is 2. The molecule has 3 N–H and O–H groups in total. The zero-order valence-electron chi connectivity index (χ0n) is 16.3. The summed E-state index contributed by atoms with van der Waals surface area (Å²) in [5.41, 5.74) is 5.01. The molecule has 0 bridgehead atoms. The molecule has 0 radical (unpaired) electrons. The predicted octanol–water partition coefficient (Wildman–Crippen LogP) is 3.69. The lowest BCUT2D eigenvalue weighted by molar-refractivity contribution is -0.137. The van der Waals surface area contributed by atoms with Crippen LogP contribution in [0.25, 0.3) is 0 Å². The number of anilines is 1. The number of rotatable bonds is 8. The Kier molecular flexibility index (Phi) is 7.78. The van der Waals surface area contributed by atoms with E-state index in [-0.39, 0.29) is 18.5 Å². The number of hydrogen-bond donors (Lipinski definition) is 2. The molecule has 1 amide bonds. The topological polar surface area (TPSA) is 82.2 Å². The highest BCUT2D eigenvalue weighted by Crippen LogP contribution is 2.34. The third kappa shape index (κ3) is 5.94. The molecule has 0 saturated carbocycles. The molecule has 2 rings (SSSR count). The number of hydrogen-bond acceptors (Lipinski definition) is 4. The maximum Gasteiger partial charge on any atom is 0.417 e. The summed E-state index contributed by atoms with van der Waals surface area (Å²) in [5.74, 6) is -0.772. The fourth-order valence-corrected chi connectivity index (χ4v) is 3.01. The van der Waals surface area contributed by atoms with Crippen LogP contribution in [-0.4, -0.2) is 32.1 Å². The Morgan fingerprint density at radius 2 is 1.90 bits per heavy atom. The molecule has 9 heteroatoms. The number of nitriles is 1. The first-order valence-corrected chi connectivity index (χ1v) is 9.25. The maximum atomic E-state index is 13.2. The quantitative estimate of drug-likeness (QED) is 0.502. The van der Waals surface area contributed by atoms with Crippen molar-refractivity contribution in [1.82, 2.24) is 5.32 Å². The Balaban J connectivity index is 1.96. The average molecular weight is 422 g/mol. The molecule has 0 heterocycles. The first-order chi connectivity index (χ1) is 14.2. The minimum atomic E-state index is -4.63. The van der Waals surface area contributed by atoms with Gasteiger partial charge in [-0.05, 0) is 55.3 Å². The summed E-state index contributed by atoms with van der Waals surface area (Å²) < 4.78 is 52.5. The first kappa shape index (κ1) is 23.2. The van der Waals surface area contributed by atoms with Gasteiger partial charge in [0.15, 0.2) is 0 Å². The highest BCUT2D eigenvalue weighted by atomic mass is 19.4. The van der Waals surface area contributed by atoms with Crippen LogP contribution in [0.15, 0.2) is 42.5 Å². The number of benzene rings is 2. The number of carbonyl (C=O) groups is 1. The van der Waals surface area contributed by atoms with Crippen LogP contribution in [0, 0.1) is 17.1 Å². The lowest BCUT2D eigenvalue weighted by Crippen LogP contribution is -2.39. The van der Waals surface area contributed by atoms with Crippen LogP contribution < -0.4 is 16.0 Å². The van der Waals surface area contributed by atoms with Crippen molar-refractivity contribution in [1.29, 1.82) is 5.26 Å². The van der Waals surface area contributed by atoms with Gasteiger partial charge in [0.2, 0.25) is 0 Å². The average Bonchev–Trinajstić information content (AvgIpc) is 2.72. The molecule has 30 heavy (non-hydrogen) atoms. The molecule has 0 aliphatic rings. The predicted molar refractivity (Wildman–Crippen MR) is 105 cm³/mol. The van der Waals surface area contributed by atoms with Crippen molar-refractivity contribution in [3.63, 3.8) is 0 Å². The zero-order chi connectivity index (χ0) is 22.3. The van der Waals surface area contributed by atoms with E-state index in [4.69, 9.17) is 11.0 Å². The zero-order valence-corrected chi connectivity index (χ0v) is 16.3. The summed E-state index contributed by atoms with van der Waals surface area (Å²) in [6.45, 7) is 0.533. The molecule has 0 spiro atoms. The van der Waals surface area contributed by atoms with Crippen molar-refractivity contribution >= 4 is 11.6 Å². The summed E-state index contributed by atoms with van der Waals surface area (Å²) in [7, 11) is 1.64. The van der Waals surface area contributed by atoms with Crippen molar-refractivity contribution in [2.75, 3.05) is 25.0 Å². The van der Waals surface area contributed by atoms with Gasteiger partial charge < -0.3 is 16.0 Å². The molecule has 1 unspecified atom stereocenters. The largest absolute Gasteiger partial charge is 0.417 e. The number of amides is 1. The fraction of sp³-hybridized carbons (Fsp3) is 0.333. The molecular weight excluding hydrogens is 400 g/mol. The number of nitrogens with two attached hydrogens (primary N) is 1. The van der Waals surface area contributed by atoms with Gasteiger partial charge in [-0.2, -0.15) is 18.4 Å². The summed E-state index contributed by atoms with van der Waals surface area (Å²) in [6.07, 6.45) is -3.57. The normalized spacial score (nSPS) is 12.2. The first-order valence-electron chi connectivity index (χ1n) is 9.25. The highest BCUT2D eigenvalue weighted by Gasteiger charge is 2.34. The number of carbonyl (C=O) groups excluding carboxylic acids is 1. The third-order valence-corrected chi connectivity index (χ3v) is 4.76. The molecule has 0 saturated heterocycles. The second-order valence-electron chi connectivity index (χ2n) is 6.74. The van der Waals surface area contributed by atoms with Crippen LogP contribution in [0.4, 0.5) is 23.2 Å². The Morgan fingerprint density at radius 3 is 2.47 bits per heavy atom. The van der Waals surface area contributed by atoms with Gasteiger partial charge >= 0.3 is 6.18 Å². The molecule has 2 aromatic rings. The summed E-state index contributed by atoms with van der Waals surface area (Å²) in [6, 6.07) is 9.98. The highest BCUT2D eigenvalue weighted by molar-refractivity contribution is 5.94. The molecule has 5 nitrogen and oxygen atoms in total. The van der Waals surface area contributed by atoms with Gasteiger partial charge in [0.25, 0.3) is 5.91 Å². The van der Waals surface area contributed by atoms with Crippen molar-refractivity contribution < 1.29 is 22.4 Å². The van der Waals surface area contributed by atoms with Crippen molar-refractivity contribution in [3.8, 4) is 6.07 Å². The molecule has 0 fully saturated rings. The van der Waals surface area contributed by atoms with Crippen LogP contribution in [0.5, 0.6) is 0 Å².